The first-order valence-corrected chi connectivity index (χ1v) is 8.05. The van der Waals surface area contributed by atoms with E-state index in [2.05, 4.69) is 63.3 Å². The van der Waals surface area contributed by atoms with Gasteiger partial charge >= 0.3 is 0 Å². The Hall–Kier alpha value is -2.89. The van der Waals surface area contributed by atoms with E-state index in [4.69, 9.17) is 4.74 Å². The summed E-state index contributed by atoms with van der Waals surface area (Å²) in [6, 6.07) is 14.8. The third kappa shape index (κ3) is 2.71. The number of hydrogen-bond acceptors (Lipinski definition) is 5. The van der Waals surface area contributed by atoms with Gasteiger partial charge in [-0.05, 0) is 58.3 Å². The highest BCUT2D eigenvalue weighted by Crippen LogP contribution is 2.31. The number of nitrogens with zero attached hydrogens (tertiary/aromatic N) is 4. The van der Waals surface area contributed by atoms with Crippen molar-refractivity contribution in [2.75, 3.05) is 11.9 Å². The van der Waals surface area contributed by atoms with Gasteiger partial charge < -0.3 is 10.1 Å². The number of anilines is 1. The SMILES string of the molecule is C[C@H](Nc1cccc(-c2ccc3c(c2)CCO3)c1)c1nnnn1C. The van der Waals surface area contributed by atoms with Crippen LogP contribution in [0.3, 0.4) is 0 Å². The van der Waals surface area contributed by atoms with Gasteiger partial charge in [0, 0.05) is 19.2 Å². The van der Waals surface area contributed by atoms with Crippen molar-refractivity contribution in [1.29, 1.82) is 0 Å². The zero-order valence-electron chi connectivity index (χ0n) is 13.7. The van der Waals surface area contributed by atoms with Gasteiger partial charge in [0.15, 0.2) is 5.82 Å². The molecule has 24 heavy (non-hydrogen) atoms. The molecule has 1 aromatic heterocycles. The standard InChI is InChI=1S/C18H19N5O/c1-12(18-20-21-22-23(18)2)19-16-5-3-4-13(11-16)14-6-7-17-15(10-14)8-9-24-17/h3-7,10-12,19H,8-9H2,1-2H3/t12-/m0/s1. The maximum atomic E-state index is 5.58. The summed E-state index contributed by atoms with van der Waals surface area (Å²) in [6.45, 7) is 2.83. The third-order valence-corrected chi connectivity index (χ3v) is 4.31. The lowest BCUT2D eigenvalue weighted by atomic mass is 10.0. The van der Waals surface area contributed by atoms with E-state index in [0.29, 0.717) is 0 Å². The molecule has 1 aliphatic rings. The molecule has 3 aromatic rings. The molecule has 0 bridgehead atoms. The number of nitrogens with one attached hydrogen (secondary N) is 1. The van der Waals surface area contributed by atoms with Crippen LogP contribution in [0, 0.1) is 0 Å². The molecular weight excluding hydrogens is 302 g/mol. The molecule has 1 N–H and O–H groups in total. The Morgan fingerprint density at radius 1 is 1.17 bits per heavy atom. The summed E-state index contributed by atoms with van der Waals surface area (Å²) < 4.78 is 7.27. The van der Waals surface area contributed by atoms with Crippen LogP contribution in [-0.2, 0) is 13.5 Å². The van der Waals surface area contributed by atoms with Crippen molar-refractivity contribution < 1.29 is 4.74 Å². The van der Waals surface area contributed by atoms with Gasteiger partial charge in [0.1, 0.15) is 5.75 Å². The predicted octanol–water partition coefficient (Wildman–Crippen LogP) is 2.99. The Balaban J connectivity index is 1.59. The minimum atomic E-state index is 0.0219. The quantitative estimate of drug-likeness (QED) is 0.800. The number of benzene rings is 2. The molecule has 0 spiro atoms. The molecule has 0 radical (unpaired) electrons. The summed E-state index contributed by atoms with van der Waals surface area (Å²) in [7, 11) is 1.84. The highest BCUT2D eigenvalue weighted by atomic mass is 16.5. The molecule has 2 aromatic carbocycles. The maximum Gasteiger partial charge on any atom is 0.173 e. The molecule has 122 valence electrons. The second-order valence-electron chi connectivity index (χ2n) is 6.03. The van der Waals surface area contributed by atoms with Crippen LogP contribution < -0.4 is 10.1 Å². The number of aryl methyl sites for hydroxylation is 1. The lowest BCUT2D eigenvalue weighted by Gasteiger charge is -2.14. The van der Waals surface area contributed by atoms with Crippen LogP contribution in [0.25, 0.3) is 11.1 Å². The molecular formula is C18H19N5O. The molecule has 6 heteroatoms. The van der Waals surface area contributed by atoms with Crippen molar-refractivity contribution in [2.45, 2.75) is 19.4 Å². The number of hydrogen-bond donors (Lipinski definition) is 1. The molecule has 2 heterocycles. The fraction of sp³-hybridized carbons (Fsp3) is 0.278. The molecule has 0 saturated heterocycles. The van der Waals surface area contributed by atoms with Crippen molar-refractivity contribution in [1.82, 2.24) is 20.2 Å². The van der Waals surface area contributed by atoms with Crippen LogP contribution in [0.1, 0.15) is 24.4 Å². The van der Waals surface area contributed by atoms with Crippen molar-refractivity contribution in [3.8, 4) is 16.9 Å². The summed E-state index contributed by atoms with van der Waals surface area (Å²) in [5.41, 5.74) is 4.71. The fourth-order valence-corrected chi connectivity index (χ4v) is 3.07. The molecule has 1 aliphatic heterocycles. The van der Waals surface area contributed by atoms with Crippen LogP contribution in [0.5, 0.6) is 5.75 Å². The Kier molecular flexibility index (Phi) is 3.65. The monoisotopic (exact) mass is 321 g/mol. The van der Waals surface area contributed by atoms with Gasteiger partial charge in [0.25, 0.3) is 0 Å². The number of aromatic nitrogens is 4. The van der Waals surface area contributed by atoms with Gasteiger partial charge in [-0.1, -0.05) is 18.2 Å². The molecule has 0 fully saturated rings. The smallest absolute Gasteiger partial charge is 0.173 e. The molecule has 0 unspecified atom stereocenters. The summed E-state index contributed by atoms with van der Waals surface area (Å²) >= 11 is 0. The highest BCUT2D eigenvalue weighted by molar-refractivity contribution is 5.70. The summed E-state index contributed by atoms with van der Waals surface area (Å²) in [6.07, 6.45) is 0.983. The highest BCUT2D eigenvalue weighted by Gasteiger charge is 2.14. The normalized spacial score (nSPS) is 14.1. The third-order valence-electron chi connectivity index (χ3n) is 4.31. The average Bonchev–Trinajstić information content (AvgIpc) is 3.22. The van der Waals surface area contributed by atoms with E-state index in [9.17, 15) is 0 Å². The zero-order chi connectivity index (χ0) is 16.5. The lowest BCUT2D eigenvalue weighted by molar-refractivity contribution is 0.357. The van der Waals surface area contributed by atoms with Crippen LogP contribution in [0.4, 0.5) is 5.69 Å². The number of ether oxygens (including phenoxy) is 1. The summed E-state index contributed by atoms with van der Waals surface area (Å²) in [5, 5.41) is 15.1. The van der Waals surface area contributed by atoms with Crippen LogP contribution in [0.2, 0.25) is 0 Å². The van der Waals surface area contributed by atoms with Crippen LogP contribution in [-0.4, -0.2) is 26.8 Å². The van der Waals surface area contributed by atoms with Gasteiger partial charge in [-0.25, -0.2) is 4.68 Å². The molecule has 1 atom stereocenters. The Morgan fingerprint density at radius 2 is 2.04 bits per heavy atom. The van der Waals surface area contributed by atoms with E-state index in [0.717, 1.165) is 30.3 Å². The Labute approximate surface area is 140 Å². The fourth-order valence-electron chi connectivity index (χ4n) is 3.07. The van der Waals surface area contributed by atoms with E-state index in [1.165, 1.54) is 16.7 Å². The first-order valence-electron chi connectivity index (χ1n) is 8.05. The lowest BCUT2D eigenvalue weighted by Crippen LogP contribution is -2.12. The number of fused-ring (bicyclic) bond motifs is 1. The van der Waals surface area contributed by atoms with E-state index < -0.39 is 0 Å². The van der Waals surface area contributed by atoms with E-state index >= 15 is 0 Å². The Morgan fingerprint density at radius 3 is 2.88 bits per heavy atom. The summed E-state index contributed by atoms with van der Waals surface area (Å²) in [4.78, 5) is 0. The van der Waals surface area contributed by atoms with Crippen LogP contribution in [0.15, 0.2) is 42.5 Å². The van der Waals surface area contributed by atoms with Crippen molar-refractivity contribution in [3.05, 3.63) is 53.9 Å². The molecule has 0 aliphatic carbocycles. The average molecular weight is 321 g/mol. The minimum Gasteiger partial charge on any atom is -0.493 e. The first-order chi connectivity index (χ1) is 11.7. The predicted molar refractivity (Wildman–Crippen MR) is 91.9 cm³/mol. The zero-order valence-corrected chi connectivity index (χ0v) is 13.7. The van der Waals surface area contributed by atoms with Gasteiger partial charge in [0.05, 0.1) is 12.6 Å². The number of rotatable bonds is 4. The minimum absolute atomic E-state index is 0.0219. The molecule has 6 nitrogen and oxygen atoms in total. The molecule has 4 rings (SSSR count). The number of tetrazole rings is 1. The van der Waals surface area contributed by atoms with Crippen LogP contribution >= 0.6 is 0 Å². The van der Waals surface area contributed by atoms with E-state index in [-0.39, 0.29) is 6.04 Å². The molecule has 0 saturated carbocycles. The van der Waals surface area contributed by atoms with Gasteiger partial charge in [-0.15, -0.1) is 5.10 Å². The summed E-state index contributed by atoms with van der Waals surface area (Å²) in [5.74, 6) is 1.81. The van der Waals surface area contributed by atoms with Crippen molar-refractivity contribution in [3.63, 3.8) is 0 Å². The van der Waals surface area contributed by atoms with E-state index in [1.807, 2.05) is 14.0 Å². The maximum absolute atomic E-state index is 5.58. The second-order valence-corrected chi connectivity index (χ2v) is 6.03. The second kappa shape index (κ2) is 5.96. The van der Waals surface area contributed by atoms with E-state index in [1.54, 1.807) is 4.68 Å². The van der Waals surface area contributed by atoms with Crippen molar-refractivity contribution >= 4 is 5.69 Å². The van der Waals surface area contributed by atoms with Gasteiger partial charge in [-0.2, -0.15) is 0 Å². The van der Waals surface area contributed by atoms with Gasteiger partial charge in [-0.3, -0.25) is 0 Å². The largest absolute Gasteiger partial charge is 0.493 e. The first kappa shape index (κ1) is 14.7. The topological polar surface area (TPSA) is 64.9 Å². The van der Waals surface area contributed by atoms with Crippen molar-refractivity contribution in [2.24, 2.45) is 7.05 Å². The molecule has 0 amide bonds. The van der Waals surface area contributed by atoms with Gasteiger partial charge in [0.2, 0.25) is 0 Å². The Bertz CT molecular complexity index is 873.